The van der Waals surface area contributed by atoms with Crippen molar-refractivity contribution in [1.82, 2.24) is 15.3 Å². The molecule has 4 nitrogen and oxygen atoms in total. The molecule has 3 rings (SSSR count). The highest BCUT2D eigenvalue weighted by molar-refractivity contribution is 7.17. The number of hydrogen-bond acceptors (Lipinski definition) is 5. The molecule has 0 unspecified atom stereocenters. The molecular formula is C11H14N4S. The first-order valence-corrected chi connectivity index (χ1v) is 6.39. The molecule has 1 aliphatic heterocycles. The Kier molecular flexibility index (Phi) is 2.49. The lowest BCUT2D eigenvalue weighted by atomic mass is 10.2. The van der Waals surface area contributed by atoms with Crippen LogP contribution in [0.3, 0.4) is 0 Å². The van der Waals surface area contributed by atoms with E-state index in [1.54, 1.807) is 17.7 Å². The maximum absolute atomic E-state index is 4.43. The van der Waals surface area contributed by atoms with Gasteiger partial charge in [0.25, 0.3) is 0 Å². The SMILES string of the molecule is C[C@@H]1CN(c2ncnc3ccsc23)CCN1. The molecule has 1 aliphatic rings. The van der Waals surface area contributed by atoms with Crippen LogP contribution in [0.1, 0.15) is 6.92 Å². The summed E-state index contributed by atoms with van der Waals surface area (Å²) in [5.74, 6) is 1.09. The zero-order valence-electron chi connectivity index (χ0n) is 9.18. The lowest BCUT2D eigenvalue weighted by molar-refractivity contribution is 0.483. The second-order valence-corrected chi connectivity index (χ2v) is 5.05. The smallest absolute Gasteiger partial charge is 0.150 e. The van der Waals surface area contributed by atoms with Crippen molar-refractivity contribution in [2.24, 2.45) is 0 Å². The van der Waals surface area contributed by atoms with Gasteiger partial charge in [-0.1, -0.05) is 0 Å². The Morgan fingerprint density at radius 2 is 2.44 bits per heavy atom. The molecule has 2 aromatic heterocycles. The molecule has 0 aliphatic carbocycles. The summed E-state index contributed by atoms with van der Waals surface area (Å²) >= 11 is 1.72. The maximum Gasteiger partial charge on any atom is 0.150 e. The fourth-order valence-electron chi connectivity index (χ4n) is 2.13. The van der Waals surface area contributed by atoms with Crippen LogP contribution >= 0.6 is 11.3 Å². The third kappa shape index (κ3) is 1.66. The molecule has 1 atom stereocenters. The molecule has 16 heavy (non-hydrogen) atoms. The second-order valence-electron chi connectivity index (χ2n) is 4.13. The van der Waals surface area contributed by atoms with E-state index in [2.05, 4.69) is 38.6 Å². The number of fused-ring (bicyclic) bond motifs is 1. The van der Waals surface area contributed by atoms with E-state index in [4.69, 9.17) is 0 Å². The topological polar surface area (TPSA) is 41.1 Å². The van der Waals surface area contributed by atoms with E-state index >= 15 is 0 Å². The molecule has 0 amide bonds. The first-order valence-electron chi connectivity index (χ1n) is 5.51. The second kappa shape index (κ2) is 3.99. The summed E-state index contributed by atoms with van der Waals surface area (Å²) in [6.45, 7) is 5.27. The van der Waals surface area contributed by atoms with Crippen LogP contribution in [-0.4, -0.2) is 35.6 Å². The molecule has 1 fully saturated rings. The van der Waals surface area contributed by atoms with Gasteiger partial charge in [-0.05, 0) is 18.4 Å². The van der Waals surface area contributed by atoms with Gasteiger partial charge in [-0.15, -0.1) is 11.3 Å². The average molecular weight is 234 g/mol. The standard InChI is InChI=1S/C11H14N4S/c1-8-6-15(4-3-12-8)11-10-9(2-5-16-10)13-7-14-11/h2,5,7-8,12H,3-4,6H2,1H3/t8-/m1/s1. The van der Waals surface area contributed by atoms with Gasteiger partial charge in [0.15, 0.2) is 0 Å². The number of hydrogen-bond donors (Lipinski definition) is 1. The summed E-state index contributed by atoms with van der Waals surface area (Å²) in [4.78, 5) is 11.1. The Balaban J connectivity index is 2.01. The highest BCUT2D eigenvalue weighted by Gasteiger charge is 2.19. The van der Waals surface area contributed by atoms with Crippen LogP contribution in [0.2, 0.25) is 0 Å². The molecule has 1 saturated heterocycles. The molecule has 1 N–H and O–H groups in total. The fourth-order valence-corrected chi connectivity index (χ4v) is 2.99. The number of anilines is 1. The fraction of sp³-hybridized carbons (Fsp3) is 0.455. The number of piperazine rings is 1. The van der Waals surface area contributed by atoms with Gasteiger partial charge in [0.05, 0.1) is 10.2 Å². The predicted octanol–water partition coefficient (Wildman–Crippen LogP) is 1.49. The van der Waals surface area contributed by atoms with Crippen molar-refractivity contribution in [3.05, 3.63) is 17.8 Å². The van der Waals surface area contributed by atoms with Crippen molar-refractivity contribution in [3.8, 4) is 0 Å². The number of rotatable bonds is 1. The van der Waals surface area contributed by atoms with E-state index in [1.165, 1.54) is 4.70 Å². The van der Waals surface area contributed by atoms with E-state index in [-0.39, 0.29) is 0 Å². The van der Waals surface area contributed by atoms with E-state index in [0.29, 0.717) is 6.04 Å². The molecule has 0 radical (unpaired) electrons. The molecule has 0 saturated carbocycles. The highest BCUT2D eigenvalue weighted by atomic mass is 32.1. The number of nitrogens with one attached hydrogen (secondary N) is 1. The summed E-state index contributed by atoms with van der Waals surface area (Å²) in [6.07, 6.45) is 1.66. The predicted molar refractivity (Wildman–Crippen MR) is 67.1 cm³/mol. The van der Waals surface area contributed by atoms with Gasteiger partial charge >= 0.3 is 0 Å². The van der Waals surface area contributed by atoms with Gasteiger partial charge in [-0.3, -0.25) is 0 Å². The minimum atomic E-state index is 0.527. The Labute approximate surface area is 98.3 Å². The summed E-state index contributed by atoms with van der Waals surface area (Å²) in [5.41, 5.74) is 1.06. The number of thiophene rings is 1. The third-order valence-electron chi connectivity index (χ3n) is 2.89. The van der Waals surface area contributed by atoms with E-state index < -0.39 is 0 Å². The minimum absolute atomic E-state index is 0.527. The molecule has 0 aromatic carbocycles. The summed E-state index contributed by atoms with van der Waals surface area (Å²) in [7, 11) is 0. The van der Waals surface area contributed by atoms with Gasteiger partial charge in [0.2, 0.25) is 0 Å². The van der Waals surface area contributed by atoms with Crippen molar-refractivity contribution in [3.63, 3.8) is 0 Å². The van der Waals surface area contributed by atoms with Gasteiger partial charge in [-0.2, -0.15) is 0 Å². The average Bonchev–Trinajstić information content (AvgIpc) is 2.76. The molecule has 0 bridgehead atoms. The lowest BCUT2D eigenvalue weighted by Crippen LogP contribution is -2.49. The molecule has 5 heteroatoms. The lowest BCUT2D eigenvalue weighted by Gasteiger charge is -2.32. The van der Waals surface area contributed by atoms with Crippen molar-refractivity contribution in [2.75, 3.05) is 24.5 Å². The van der Waals surface area contributed by atoms with E-state index in [0.717, 1.165) is 31.0 Å². The normalized spacial score (nSPS) is 21.6. The van der Waals surface area contributed by atoms with Crippen LogP contribution < -0.4 is 10.2 Å². The third-order valence-corrected chi connectivity index (χ3v) is 3.79. The zero-order valence-corrected chi connectivity index (χ0v) is 10.00. The quantitative estimate of drug-likeness (QED) is 0.811. The molecular weight excluding hydrogens is 220 g/mol. The monoisotopic (exact) mass is 234 g/mol. The van der Waals surface area contributed by atoms with Crippen molar-refractivity contribution < 1.29 is 0 Å². The Hall–Kier alpha value is -1.20. The molecule has 2 aromatic rings. The number of aromatic nitrogens is 2. The van der Waals surface area contributed by atoms with Crippen molar-refractivity contribution in [2.45, 2.75) is 13.0 Å². The van der Waals surface area contributed by atoms with Crippen LogP contribution in [0.25, 0.3) is 10.2 Å². The summed E-state index contributed by atoms with van der Waals surface area (Å²) in [5, 5.41) is 5.52. The number of nitrogens with zero attached hydrogens (tertiary/aromatic N) is 3. The van der Waals surface area contributed by atoms with Crippen LogP contribution in [0, 0.1) is 0 Å². The van der Waals surface area contributed by atoms with E-state index in [9.17, 15) is 0 Å². The van der Waals surface area contributed by atoms with Crippen molar-refractivity contribution >= 4 is 27.4 Å². The van der Waals surface area contributed by atoms with Gasteiger partial charge in [0.1, 0.15) is 12.1 Å². The van der Waals surface area contributed by atoms with Crippen LogP contribution in [-0.2, 0) is 0 Å². The first-order chi connectivity index (χ1) is 7.84. The largest absolute Gasteiger partial charge is 0.353 e. The van der Waals surface area contributed by atoms with Gasteiger partial charge < -0.3 is 10.2 Å². The molecule has 0 spiro atoms. The van der Waals surface area contributed by atoms with Crippen LogP contribution in [0.5, 0.6) is 0 Å². The van der Waals surface area contributed by atoms with E-state index in [1.807, 2.05) is 0 Å². The first kappa shape index (κ1) is 9.99. The van der Waals surface area contributed by atoms with Crippen molar-refractivity contribution in [1.29, 1.82) is 0 Å². The Morgan fingerprint density at radius 3 is 3.31 bits per heavy atom. The maximum atomic E-state index is 4.43. The molecule has 84 valence electrons. The van der Waals surface area contributed by atoms with Gasteiger partial charge in [0, 0.05) is 25.7 Å². The zero-order chi connectivity index (χ0) is 11.0. The minimum Gasteiger partial charge on any atom is -0.353 e. The van der Waals surface area contributed by atoms with Crippen LogP contribution in [0.4, 0.5) is 5.82 Å². The summed E-state index contributed by atoms with van der Waals surface area (Å²) < 4.78 is 1.21. The van der Waals surface area contributed by atoms with Gasteiger partial charge in [-0.25, -0.2) is 9.97 Å². The summed E-state index contributed by atoms with van der Waals surface area (Å²) in [6, 6.07) is 2.58. The highest BCUT2D eigenvalue weighted by Crippen LogP contribution is 2.28. The Morgan fingerprint density at radius 1 is 1.50 bits per heavy atom. The Bertz CT molecular complexity index is 495. The van der Waals surface area contributed by atoms with Crippen LogP contribution in [0.15, 0.2) is 17.8 Å². The molecule has 3 heterocycles.